The number of nitrogens with one attached hydrogen (secondary N) is 3. The van der Waals surface area contributed by atoms with Crippen molar-refractivity contribution in [2.75, 3.05) is 0 Å². The molecule has 0 aromatic heterocycles. The number of rotatable bonds is 5. The van der Waals surface area contributed by atoms with Gasteiger partial charge in [-0.25, -0.2) is 0 Å². The van der Waals surface area contributed by atoms with Crippen LogP contribution in [-0.2, 0) is 4.79 Å². The molecule has 1 saturated carbocycles. The normalized spacial score (nSPS) is 13.2. The van der Waals surface area contributed by atoms with E-state index in [1.807, 2.05) is 0 Å². The van der Waals surface area contributed by atoms with E-state index in [0.29, 0.717) is 16.6 Å². The van der Waals surface area contributed by atoms with Crippen molar-refractivity contribution in [2.45, 2.75) is 18.9 Å². The van der Waals surface area contributed by atoms with Gasteiger partial charge in [-0.3, -0.25) is 25.2 Å². The minimum absolute atomic E-state index is 0.0898. The maximum absolute atomic E-state index is 12.0. The summed E-state index contributed by atoms with van der Waals surface area (Å²) in [7, 11) is 0. The van der Waals surface area contributed by atoms with Crippen LogP contribution in [0.3, 0.4) is 0 Å². The van der Waals surface area contributed by atoms with E-state index in [1.165, 1.54) is 6.08 Å². The number of amides is 3. The van der Waals surface area contributed by atoms with Crippen LogP contribution in [0.15, 0.2) is 54.6 Å². The highest BCUT2D eigenvalue weighted by atomic mass is 35.5. The number of carbonyl (C=O) groups is 3. The fourth-order valence-electron chi connectivity index (χ4n) is 2.29. The number of hydrogen-bond donors (Lipinski definition) is 3. The molecule has 0 bridgehead atoms. The second-order valence-corrected chi connectivity index (χ2v) is 6.53. The van der Waals surface area contributed by atoms with E-state index in [4.69, 9.17) is 11.6 Å². The Morgan fingerprint density at radius 1 is 0.926 bits per heavy atom. The van der Waals surface area contributed by atoms with Crippen molar-refractivity contribution >= 4 is 35.4 Å². The quantitative estimate of drug-likeness (QED) is 0.548. The Hall–Kier alpha value is -3.12. The van der Waals surface area contributed by atoms with Gasteiger partial charge in [0.1, 0.15) is 0 Å². The van der Waals surface area contributed by atoms with Gasteiger partial charge in [0.05, 0.1) is 10.6 Å². The molecule has 3 N–H and O–H groups in total. The summed E-state index contributed by atoms with van der Waals surface area (Å²) in [4.78, 5) is 35.7. The lowest BCUT2D eigenvalue weighted by Gasteiger charge is -2.06. The van der Waals surface area contributed by atoms with Gasteiger partial charge in [0, 0.05) is 17.7 Å². The Morgan fingerprint density at radius 3 is 2.30 bits per heavy atom. The van der Waals surface area contributed by atoms with Crippen molar-refractivity contribution < 1.29 is 14.4 Å². The molecular weight excluding hydrogens is 366 g/mol. The number of halogens is 1. The largest absolute Gasteiger partial charge is 0.349 e. The lowest BCUT2D eigenvalue weighted by molar-refractivity contribution is -0.117. The topological polar surface area (TPSA) is 87.3 Å². The predicted molar refractivity (Wildman–Crippen MR) is 103 cm³/mol. The first-order chi connectivity index (χ1) is 13.0. The maximum Gasteiger partial charge on any atom is 0.271 e. The summed E-state index contributed by atoms with van der Waals surface area (Å²) in [6.45, 7) is 0. The van der Waals surface area contributed by atoms with Gasteiger partial charge in [-0.2, -0.15) is 0 Å². The standard InChI is InChI=1S/C20H18ClN3O3/c21-17-4-2-1-3-16(17)20(27)24-23-18(25)12-7-13-5-8-14(9-6-13)19(26)22-15-10-11-15/h1-9,12,15H,10-11H2,(H,22,26)(H,23,25)(H,24,27)/b12-7+. The highest BCUT2D eigenvalue weighted by molar-refractivity contribution is 6.33. The highest BCUT2D eigenvalue weighted by Crippen LogP contribution is 2.19. The minimum atomic E-state index is -0.506. The number of benzene rings is 2. The third-order valence-electron chi connectivity index (χ3n) is 3.93. The molecule has 0 spiro atoms. The van der Waals surface area contributed by atoms with Crippen molar-refractivity contribution in [3.8, 4) is 0 Å². The monoisotopic (exact) mass is 383 g/mol. The van der Waals surface area contributed by atoms with Crippen molar-refractivity contribution in [1.82, 2.24) is 16.2 Å². The van der Waals surface area contributed by atoms with Gasteiger partial charge in [0.2, 0.25) is 0 Å². The molecule has 0 saturated heterocycles. The number of hydrazine groups is 1. The Balaban J connectivity index is 1.50. The summed E-state index contributed by atoms with van der Waals surface area (Å²) >= 11 is 5.93. The second-order valence-electron chi connectivity index (χ2n) is 6.13. The Bertz CT molecular complexity index is 890. The molecule has 27 heavy (non-hydrogen) atoms. The lowest BCUT2D eigenvalue weighted by Crippen LogP contribution is -2.40. The molecule has 138 valence electrons. The molecule has 2 aromatic carbocycles. The molecule has 6 nitrogen and oxygen atoms in total. The zero-order valence-electron chi connectivity index (χ0n) is 14.4. The maximum atomic E-state index is 12.0. The summed E-state index contributed by atoms with van der Waals surface area (Å²) in [5.74, 6) is -1.09. The first kappa shape index (κ1) is 18.7. The van der Waals surface area contributed by atoms with Crippen LogP contribution in [0.4, 0.5) is 0 Å². The van der Waals surface area contributed by atoms with Gasteiger partial charge in [0.15, 0.2) is 0 Å². The van der Waals surface area contributed by atoms with E-state index in [0.717, 1.165) is 18.4 Å². The van der Waals surface area contributed by atoms with E-state index in [1.54, 1.807) is 54.6 Å². The average molecular weight is 384 g/mol. The first-order valence-corrected chi connectivity index (χ1v) is 8.84. The molecule has 0 heterocycles. The molecule has 7 heteroatoms. The number of hydrogen-bond acceptors (Lipinski definition) is 3. The zero-order valence-corrected chi connectivity index (χ0v) is 15.1. The Labute approximate surface area is 161 Å². The molecule has 3 amide bonds. The van der Waals surface area contributed by atoms with Crippen LogP contribution in [0, 0.1) is 0 Å². The van der Waals surface area contributed by atoms with Crippen molar-refractivity contribution in [3.63, 3.8) is 0 Å². The molecule has 0 unspecified atom stereocenters. The summed E-state index contributed by atoms with van der Waals surface area (Å²) in [6.07, 6.45) is 4.94. The van der Waals surface area contributed by atoms with E-state index in [-0.39, 0.29) is 11.5 Å². The average Bonchev–Trinajstić information content (AvgIpc) is 3.49. The highest BCUT2D eigenvalue weighted by Gasteiger charge is 2.23. The van der Waals surface area contributed by atoms with Gasteiger partial charge in [-0.1, -0.05) is 35.9 Å². The van der Waals surface area contributed by atoms with E-state index < -0.39 is 11.8 Å². The Kier molecular flexibility index (Phi) is 5.88. The van der Waals surface area contributed by atoms with Crippen LogP contribution in [0.5, 0.6) is 0 Å². The molecule has 0 radical (unpaired) electrons. The summed E-state index contributed by atoms with van der Waals surface area (Å²) in [6, 6.07) is 13.7. The molecule has 3 rings (SSSR count). The lowest BCUT2D eigenvalue weighted by atomic mass is 10.1. The SMILES string of the molecule is O=C(/C=C/c1ccc(C(=O)NC2CC2)cc1)NNC(=O)c1ccccc1Cl. The van der Waals surface area contributed by atoms with Crippen LogP contribution in [0.2, 0.25) is 5.02 Å². The van der Waals surface area contributed by atoms with Gasteiger partial charge in [0.25, 0.3) is 17.7 Å². The second kappa shape index (κ2) is 8.51. The van der Waals surface area contributed by atoms with Gasteiger partial charge >= 0.3 is 0 Å². The van der Waals surface area contributed by atoms with Gasteiger partial charge in [-0.05, 0) is 48.7 Å². The van der Waals surface area contributed by atoms with Crippen molar-refractivity contribution in [3.05, 3.63) is 76.3 Å². The van der Waals surface area contributed by atoms with Crippen LogP contribution in [-0.4, -0.2) is 23.8 Å². The molecule has 0 atom stereocenters. The van der Waals surface area contributed by atoms with Crippen LogP contribution >= 0.6 is 11.6 Å². The fourth-order valence-corrected chi connectivity index (χ4v) is 2.51. The fraction of sp³-hybridized carbons (Fsp3) is 0.150. The molecule has 1 aliphatic carbocycles. The third-order valence-corrected chi connectivity index (χ3v) is 4.26. The van der Waals surface area contributed by atoms with Gasteiger partial charge in [-0.15, -0.1) is 0 Å². The molecule has 1 aliphatic rings. The first-order valence-electron chi connectivity index (χ1n) is 8.47. The molecular formula is C20H18ClN3O3. The van der Waals surface area contributed by atoms with E-state index in [9.17, 15) is 14.4 Å². The molecule has 0 aliphatic heterocycles. The smallest absolute Gasteiger partial charge is 0.271 e. The Morgan fingerprint density at radius 2 is 1.63 bits per heavy atom. The minimum Gasteiger partial charge on any atom is -0.349 e. The van der Waals surface area contributed by atoms with Crippen molar-refractivity contribution in [1.29, 1.82) is 0 Å². The van der Waals surface area contributed by atoms with Gasteiger partial charge < -0.3 is 5.32 Å². The summed E-state index contributed by atoms with van der Waals surface area (Å²) in [5.41, 5.74) is 6.19. The van der Waals surface area contributed by atoms with Crippen LogP contribution in [0.25, 0.3) is 6.08 Å². The van der Waals surface area contributed by atoms with Crippen LogP contribution in [0.1, 0.15) is 39.1 Å². The number of carbonyl (C=O) groups excluding carboxylic acids is 3. The third kappa shape index (κ3) is 5.43. The van der Waals surface area contributed by atoms with E-state index >= 15 is 0 Å². The zero-order chi connectivity index (χ0) is 19.2. The van der Waals surface area contributed by atoms with E-state index in [2.05, 4.69) is 16.2 Å². The summed E-state index contributed by atoms with van der Waals surface area (Å²) in [5, 5.41) is 3.21. The predicted octanol–water partition coefficient (Wildman–Crippen LogP) is 2.71. The molecule has 2 aromatic rings. The van der Waals surface area contributed by atoms with Crippen LogP contribution < -0.4 is 16.2 Å². The molecule has 1 fully saturated rings. The summed E-state index contributed by atoms with van der Waals surface area (Å²) < 4.78 is 0. The van der Waals surface area contributed by atoms with Crippen molar-refractivity contribution in [2.24, 2.45) is 0 Å².